The number of rotatable bonds is 5. The van der Waals surface area contributed by atoms with Gasteiger partial charge in [-0.25, -0.2) is 13.2 Å². The summed E-state index contributed by atoms with van der Waals surface area (Å²) in [6, 6.07) is 1.88. The summed E-state index contributed by atoms with van der Waals surface area (Å²) in [5, 5.41) is 6.79. The van der Waals surface area contributed by atoms with Crippen molar-refractivity contribution in [2.24, 2.45) is 0 Å². The number of carbonyl (C=O) groups excluding carboxylic acids is 1. The molecule has 1 saturated heterocycles. The van der Waals surface area contributed by atoms with Gasteiger partial charge < -0.3 is 10.6 Å². The average molecular weight is 418 g/mol. The number of benzene rings is 1. The number of hydrogen-bond donors (Lipinski definition) is 2. The quantitative estimate of drug-likeness (QED) is 0.771. The molecule has 1 aliphatic heterocycles. The first-order chi connectivity index (χ1) is 13.8. The van der Waals surface area contributed by atoms with Crippen LogP contribution in [0.4, 0.5) is 10.5 Å². The Morgan fingerprint density at radius 1 is 1.14 bits per heavy atom. The second-order valence-electron chi connectivity index (χ2n) is 8.86. The fourth-order valence-electron chi connectivity index (χ4n) is 4.65. The van der Waals surface area contributed by atoms with Crippen LogP contribution in [0.25, 0.3) is 0 Å². The van der Waals surface area contributed by atoms with Crippen LogP contribution in [0, 0.1) is 0 Å². The smallest absolute Gasteiger partial charge is 0.320 e. The van der Waals surface area contributed by atoms with Gasteiger partial charge in [-0.3, -0.25) is 4.90 Å². The Morgan fingerprint density at radius 3 is 2.45 bits per heavy atom. The van der Waals surface area contributed by atoms with Crippen molar-refractivity contribution in [2.75, 3.05) is 24.8 Å². The molecular formula is C22H31N3O3S. The summed E-state index contributed by atoms with van der Waals surface area (Å²) in [4.78, 5) is 14.7. The Hall–Kier alpha value is -1.86. The molecule has 1 fully saturated rings. The molecule has 0 radical (unpaired) electrons. The lowest BCUT2D eigenvalue weighted by Gasteiger charge is -2.46. The van der Waals surface area contributed by atoms with Crippen LogP contribution in [0.1, 0.15) is 54.9 Å². The molecule has 0 spiro atoms. The number of fused-ring (bicyclic) bond motifs is 2. The zero-order chi connectivity index (χ0) is 20.6. The summed E-state index contributed by atoms with van der Waals surface area (Å²) < 4.78 is 24.7. The molecule has 29 heavy (non-hydrogen) atoms. The van der Waals surface area contributed by atoms with E-state index >= 15 is 0 Å². The number of urea groups is 1. The maximum atomic E-state index is 12.5. The number of hydrogen-bond acceptors (Lipinski definition) is 4. The Balaban J connectivity index is 1.43. The Labute approximate surface area is 173 Å². The van der Waals surface area contributed by atoms with Gasteiger partial charge in [0.15, 0.2) is 9.84 Å². The average Bonchev–Trinajstić information content (AvgIpc) is 3.18. The minimum absolute atomic E-state index is 0.209. The van der Waals surface area contributed by atoms with Gasteiger partial charge in [0.1, 0.15) is 5.88 Å². The summed E-state index contributed by atoms with van der Waals surface area (Å²) in [6.45, 7) is 2.98. The van der Waals surface area contributed by atoms with E-state index in [0.29, 0.717) is 0 Å². The van der Waals surface area contributed by atoms with E-state index < -0.39 is 21.7 Å². The first-order valence-corrected chi connectivity index (χ1v) is 12.3. The van der Waals surface area contributed by atoms with Crippen molar-refractivity contribution in [1.82, 2.24) is 10.2 Å². The van der Waals surface area contributed by atoms with E-state index in [1.54, 1.807) is 6.08 Å². The maximum absolute atomic E-state index is 12.5. The van der Waals surface area contributed by atoms with Crippen LogP contribution in [0.3, 0.4) is 0 Å². The van der Waals surface area contributed by atoms with Crippen molar-refractivity contribution in [3.05, 3.63) is 39.8 Å². The fraction of sp³-hybridized carbons (Fsp3) is 0.591. The molecule has 6 nitrogen and oxygen atoms in total. The highest BCUT2D eigenvalue weighted by atomic mass is 32.2. The van der Waals surface area contributed by atoms with Crippen molar-refractivity contribution in [1.29, 1.82) is 0 Å². The third-order valence-electron chi connectivity index (χ3n) is 6.86. The third kappa shape index (κ3) is 4.21. The first kappa shape index (κ1) is 20.4. The fourth-order valence-corrected chi connectivity index (χ4v) is 5.58. The maximum Gasteiger partial charge on any atom is 0.320 e. The van der Waals surface area contributed by atoms with Crippen LogP contribution >= 0.6 is 0 Å². The number of likely N-dealkylation sites (N-methyl/N-ethyl adjacent to an activating group) is 1. The highest BCUT2D eigenvalue weighted by Gasteiger charge is 2.35. The number of aryl methyl sites for hydroxylation is 2. The molecule has 2 aliphatic carbocycles. The number of likely N-dealkylation sites (tertiary alicyclic amines) is 1. The largest absolute Gasteiger partial charge is 0.323 e. The lowest BCUT2D eigenvalue weighted by molar-refractivity contribution is 0.0719. The number of amides is 2. The SMILES string of the molecule is CN1CCC1(C)/C=C/S(=O)(=O)CNC(=O)Nc1c2c(cc3c1CCC3)CCCC2. The molecule has 1 aromatic rings. The molecule has 0 saturated carbocycles. The van der Waals surface area contributed by atoms with Gasteiger partial charge in [-0.05, 0) is 87.6 Å². The molecule has 0 aromatic heterocycles. The summed E-state index contributed by atoms with van der Waals surface area (Å²) in [7, 11) is -1.53. The predicted molar refractivity (Wildman–Crippen MR) is 116 cm³/mol. The molecule has 158 valence electrons. The minimum Gasteiger partial charge on any atom is -0.323 e. The summed E-state index contributed by atoms with van der Waals surface area (Å²) >= 11 is 0. The van der Waals surface area contributed by atoms with Gasteiger partial charge in [0, 0.05) is 23.2 Å². The topological polar surface area (TPSA) is 78.5 Å². The molecule has 0 bridgehead atoms. The van der Waals surface area contributed by atoms with Crippen LogP contribution in [0.15, 0.2) is 17.6 Å². The normalized spacial score (nSPS) is 24.1. The van der Waals surface area contributed by atoms with Gasteiger partial charge in [0.05, 0.1) is 0 Å². The van der Waals surface area contributed by atoms with Gasteiger partial charge in [0.2, 0.25) is 0 Å². The summed E-state index contributed by atoms with van der Waals surface area (Å²) in [5.41, 5.74) is 5.90. The van der Waals surface area contributed by atoms with Crippen molar-refractivity contribution < 1.29 is 13.2 Å². The van der Waals surface area contributed by atoms with Crippen molar-refractivity contribution >= 4 is 21.6 Å². The molecule has 1 unspecified atom stereocenters. The predicted octanol–water partition coefficient (Wildman–Crippen LogP) is 3.16. The monoisotopic (exact) mass is 417 g/mol. The van der Waals surface area contributed by atoms with E-state index in [2.05, 4.69) is 21.6 Å². The number of carbonyl (C=O) groups is 1. The molecule has 7 heteroatoms. The van der Waals surface area contributed by atoms with E-state index in [9.17, 15) is 13.2 Å². The Morgan fingerprint density at radius 2 is 1.79 bits per heavy atom. The van der Waals surface area contributed by atoms with Crippen LogP contribution in [0.2, 0.25) is 0 Å². The molecule has 2 amide bonds. The second-order valence-corrected chi connectivity index (χ2v) is 10.7. The highest BCUT2D eigenvalue weighted by Crippen LogP contribution is 2.37. The van der Waals surface area contributed by atoms with Gasteiger partial charge in [-0.1, -0.05) is 12.1 Å². The molecular weight excluding hydrogens is 386 g/mol. The zero-order valence-electron chi connectivity index (χ0n) is 17.4. The lowest BCUT2D eigenvalue weighted by Crippen LogP contribution is -2.54. The minimum atomic E-state index is -3.51. The van der Waals surface area contributed by atoms with Crippen molar-refractivity contribution in [3.8, 4) is 0 Å². The van der Waals surface area contributed by atoms with Gasteiger partial charge in [-0.15, -0.1) is 0 Å². The van der Waals surface area contributed by atoms with Gasteiger partial charge >= 0.3 is 6.03 Å². The number of anilines is 1. The first-order valence-electron chi connectivity index (χ1n) is 10.6. The van der Waals surface area contributed by atoms with E-state index in [0.717, 1.165) is 57.2 Å². The third-order valence-corrected chi connectivity index (χ3v) is 7.95. The number of sulfone groups is 1. The standard InChI is InChI=1S/C22H31N3O3S/c1-22(10-12-25(22)2)11-13-29(27,28)15-23-21(26)24-20-18-8-4-3-6-16(18)14-17-7-5-9-19(17)20/h11,13-14H,3-10,12,15H2,1-2H3,(H2,23,24,26)/b13-11+. The van der Waals surface area contributed by atoms with Crippen LogP contribution in [-0.2, 0) is 35.5 Å². The van der Waals surface area contributed by atoms with Gasteiger partial charge in [-0.2, -0.15) is 0 Å². The Kier molecular flexibility index (Phi) is 5.46. The Bertz CT molecular complexity index is 955. The van der Waals surface area contributed by atoms with Gasteiger partial charge in [0.25, 0.3) is 0 Å². The van der Waals surface area contributed by atoms with E-state index in [1.807, 2.05) is 14.0 Å². The van der Waals surface area contributed by atoms with Crippen molar-refractivity contribution in [3.63, 3.8) is 0 Å². The molecule has 1 atom stereocenters. The summed E-state index contributed by atoms with van der Waals surface area (Å²) in [5.74, 6) is -0.396. The van der Waals surface area contributed by atoms with Crippen molar-refractivity contribution in [2.45, 2.75) is 63.8 Å². The van der Waals surface area contributed by atoms with Crippen LogP contribution in [-0.4, -0.2) is 44.4 Å². The molecule has 1 heterocycles. The van der Waals surface area contributed by atoms with E-state index in [4.69, 9.17) is 0 Å². The molecule has 2 N–H and O–H groups in total. The summed E-state index contributed by atoms with van der Waals surface area (Å²) in [6.07, 6.45) is 10.2. The molecule has 4 rings (SSSR count). The van der Waals surface area contributed by atoms with E-state index in [1.165, 1.54) is 34.1 Å². The number of nitrogens with one attached hydrogen (secondary N) is 2. The van der Waals surface area contributed by atoms with E-state index in [-0.39, 0.29) is 5.54 Å². The zero-order valence-corrected chi connectivity index (χ0v) is 18.2. The molecule has 3 aliphatic rings. The lowest BCUT2D eigenvalue weighted by atomic mass is 9.87. The van der Waals surface area contributed by atoms with Crippen LogP contribution < -0.4 is 10.6 Å². The molecule has 1 aromatic carbocycles. The number of nitrogens with zero attached hydrogens (tertiary/aromatic N) is 1. The van der Waals surface area contributed by atoms with Crippen LogP contribution in [0.5, 0.6) is 0 Å². The highest BCUT2D eigenvalue weighted by molar-refractivity contribution is 7.94. The second kappa shape index (κ2) is 7.76.